The Labute approximate surface area is 193 Å². The van der Waals surface area contributed by atoms with Gasteiger partial charge in [-0.25, -0.2) is 12.8 Å². The Morgan fingerprint density at radius 2 is 1.74 bits per heavy atom. The summed E-state index contributed by atoms with van der Waals surface area (Å²) in [5.74, 6) is -1.50. The number of ether oxygens (including phenoxy) is 1. The molecule has 3 aromatic rings. The van der Waals surface area contributed by atoms with Crippen molar-refractivity contribution in [1.29, 1.82) is 5.26 Å². The van der Waals surface area contributed by atoms with Crippen molar-refractivity contribution >= 4 is 15.4 Å². The molecule has 0 N–H and O–H groups in total. The maximum Gasteiger partial charge on any atom is 0.501 e. The number of benzene rings is 3. The van der Waals surface area contributed by atoms with Crippen LogP contribution in [0.1, 0.15) is 40.7 Å². The fraction of sp³-hybridized carbons (Fsp3) is 0.160. The maximum atomic E-state index is 13.9. The van der Waals surface area contributed by atoms with E-state index in [-0.39, 0.29) is 28.2 Å². The van der Waals surface area contributed by atoms with Crippen molar-refractivity contribution in [2.45, 2.75) is 30.2 Å². The van der Waals surface area contributed by atoms with E-state index in [0.29, 0.717) is 5.56 Å². The highest BCUT2D eigenvalue weighted by Crippen LogP contribution is 2.47. The molecule has 1 aliphatic rings. The van der Waals surface area contributed by atoms with Crippen molar-refractivity contribution < 1.29 is 30.7 Å². The highest BCUT2D eigenvalue weighted by molar-refractivity contribution is 7.92. The van der Waals surface area contributed by atoms with E-state index in [1.165, 1.54) is 13.0 Å². The number of sulfone groups is 1. The molecule has 1 atom stereocenters. The summed E-state index contributed by atoms with van der Waals surface area (Å²) in [6, 6.07) is 14.1. The third kappa shape index (κ3) is 3.94. The van der Waals surface area contributed by atoms with Crippen LogP contribution >= 0.6 is 0 Å². The highest BCUT2D eigenvalue weighted by Gasteiger charge is 2.49. The number of hydrogen-bond donors (Lipinski definition) is 0. The minimum atomic E-state index is -5.68. The summed E-state index contributed by atoms with van der Waals surface area (Å²) < 4.78 is 85.3. The van der Waals surface area contributed by atoms with E-state index in [2.05, 4.69) is 0 Å². The normalized spacial score (nSPS) is 15.4. The molecule has 4 rings (SSSR count). The molecule has 1 aliphatic carbocycles. The number of nitrogens with zero attached hydrogens (tertiary/aromatic N) is 1. The summed E-state index contributed by atoms with van der Waals surface area (Å²) in [4.78, 5) is -0.868. The van der Waals surface area contributed by atoms with Gasteiger partial charge in [0.2, 0.25) is 0 Å². The third-order valence-electron chi connectivity index (χ3n) is 5.70. The third-order valence-corrected chi connectivity index (χ3v) is 7.24. The number of halogens is 4. The number of alkyl halides is 3. The van der Waals surface area contributed by atoms with Crippen LogP contribution in [0.2, 0.25) is 0 Å². The van der Waals surface area contributed by atoms with Gasteiger partial charge in [0.25, 0.3) is 9.84 Å². The summed E-state index contributed by atoms with van der Waals surface area (Å²) in [6.07, 6.45) is 1.71. The number of hydrogen-bond acceptors (Lipinski definition) is 4. The molecule has 0 saturated heterocycles. The molecule has 0 aliphatic heterocycles. The molecule has 0 aromatic heterocycles. The van der Waals surface area contributed by atoms with Gasteiger partial charge < -0.3 is 4.74 Å². The Morgan fingerprint density at radius 1 is 1.03 bits per heavy atom. The van der Waals surface area contributed by atoms with E-state index >= 15 is 0 Å². The maximum absolute atomic E-state index is 13.9. The van der Waals surface area contributed by atoms with Crippen molar-refractivity contribution in [3.05, 3.63) is 94.3 Å². The zero-order valence-corrected chi connectivity index (χ0v) is 18.8. The van der Waals surface area contributed by atoms with Crippen LogP contribution in [0.25, 0.3) is 5.57 Å². The van der Waals surface area contributed by atoms with Gasteiger partial charge >= 0.3 is 5.51 Å². The number of allylic oxidation sites excluding steroid dienone is 2. The van der Waals surface area contributed by atoms with Crippen molar-refractivity contribution in [2.24, 2.45) is 0 Å². The largest absolute Gasteiger partial charge is 0.501 e. The molecule has 1 unspecified atom stereocenters. The van der Waals surface area contributed by atoms with Gasteiger partial charge in [0, 0.05) is 12.0 Å². The van der Waals surface area contributed by atoms with Crippen LogP contribution in [-0.2, 0) is 9.84 Å². The van der Waals surface area contributed by atoms with Crippen molar-refractivity contribution in [2.75, 3.05) is 0 Å². The van der Waals surface area contributed by atoms with E-state index in [1.807, 2.05) is 6.07 Å². The van der Waals surface area contributed by atoms with Gasteiger partial charge in [-0.1, -0.05) is 30.3 Å². The van der Waals surface area contributed by atoms with Crippen LogP contribution in [0.5, 0.6) is 11.5 Å². The van der Waals surface area contributed by atoms with Crippen LogP contribution < -0.4 is 4.74 Å². The summed E-state index contributed by atoms with van der Waals surface area (Å²) >= 11 is 0. The van der Waals surface area contributed by atoms with Crippen molar-refractivity contribution in [3.8, 4) is 17.6 Å². The molecule has 0 radical (unpaired) electrons. The first kappa shape index (κ1) is 23.5. The Hall–Kier alpha value is -3.64. The molecule has 174 valence electrons. The lowest BCUT2D eigenvalue weighted by molar-refractivity contribution is -0.0436. The van der Waals surface area contributed by atoms with Gasteiger partial charge in [-0.15, -0.1) is 0 Å². The molecular formula is C25H17F4NO3S. The number of nitriles is 1. The van der Waals surface area contributed by atoms with Gasteiger partial charge in [0.1, 0.15) is 17.3 Å². The molecule has 9 heteroatoms. The lowest BCUT2D eigenvalue weighted by Crippen LogP contribution is -2.25. The first-order chi connectivity index (χ1) is 15.9. The molecular weight excluding hydrogens is 470 g/mol. The topological polar surface area (TPSA) is 67.2 Å². The average molecular weight is 487 g/mol. The summed E-state index contributed by atoms with van der Waals surface area (Å²) in [6.45, 7) is 3.25. The fourth-order valence-corrected chi connectivity index (χ4v) is 5.21. The summed E-state index contributed by atoms with van der Waals surface area (Å²) in [5.41, 5.74) is -3.17. The quantitative estimate of drug-likeness (QED) is 0.387. The van der Waals surface area contributed by atoms with Crippen LogP contribution in [0.15, 0.2) is 65.6 Å². The van der Waals surface area contributed by atoms with Crippen LogP contribution in [0.4, 0.5) is 17.6 Å². The van der Waals surface area contributed by atoms with E-state index < -0.39 is 32.0 Å². The van der Waals surface area contributed by atoms with Crippen LogP contribution in [0.3, 0.4) is 0 Å². The predicted molar refractivity (Wildman–Crippen MR) is 118 cm³/mol. The average Bonchev–Trinajstić information content (AvgIpc) is 3.10. The second-order valence-corrected chi connectivity index (χ2v) is 9.76. The van der Waals surface area contributed by atoms with Crippen LogP contribution in [0, 0.1) is 24.1 Å². The first-order valence-corrected chi connectivity index (χ1v) is 11.5. The SMILES string of the molecule is CC1=CC(c2c(S(=O)(=O)C(F)(F)F)ccc(Oc3cc(F)cc(C#N)c3)c2C)c2ccccc21. The molecule has 0 amide bonds. The standard InChI is InChI=1S/C25H17F4NO3S/c1-14-9-21(20-6-4-3-5-19(14)20)24-15(2)22(7-8-23(24)34(31,32)25(27,28)29)33-18-11-16(13-30)10-17(26)12-18/h3-12,21H,1-2H3. The predicted octanol–water partition coefficient (Wildman–Crippen LogP) is 6.64. The smallest absolute Gasteiger partial charge is 0.457 e. The minimum absolute atomic E-state index is 0.00701. The molecule has 0 spiro atoms. The first-order valence-electron chi connectivity index (χ1n) is 10.0. The van der Waals surface area contributed by atoms with E-state index in [1.54, 1.807) is 37.3 Å². The molecule has 34 heavy (non-hydrogen) atoms. The van der Waals surface area contributed by atoms with E-state index in [0.717, 1.165) is 35.4 Å². The monoisotopic (exact) mass is 487 g/mol. The van der Waals surface area contributed by atoms with Gasteiger partial charge in [-0.2, -0.15) is 18.4 Å². The van der Waals surface area contributed by atoms with E-state index in [4.69, 9.17) is 10.00 Å². The molecule has 0 bridgehead atoms. The molecule has 0 saturated carbocycles. The lowest BCUT2D eigenvalue weighted by Gasteiger charge is -2.22. The van der Waals surface area contributed by atoms with Gasteiger partial charge in [0.05, 0.1) is 16.5 Å². The number of fused-ring (bicyclic) bond motifs is 1. The number of rotatable bonds is 4. The molecule has 3 aromatic carbocycles. The molecule has 0 fully saturated rings. The minimum Gasteiger partial charge on any atom is -0.457 e. The van der Waals surface area contributed by atoms with Crippen molar-refractivity contribution in [1.82, 2.24) is 0 Å². The Morgan fingerprint density at radius 3 is 2.41 bits per heavy atom. The fourth-order valence-electron chi connectivity index (χ4n) is 4.15. The summed E-state index contributed by atoms with van der Waals surface area (Å²) in [7, 11) is -5.68. The zero-order chi connectivity index (χ0) is 24.8. The Bertz CT molecular complexity index is 1480. The van der Waals surface area contributed by atoms with Gasteiger partial charge in [-0.05, 0) is 65.9 Å². The van der Waals surface area contributed by atoms with Gasteiger partial charge in [-0.3, -0.25) is 0 Å². The van der Waals surface area contributed by atoms with Gasteiger partial charge in [0.15, 0.2) is 0 Å². The lowest BCUT2D eigenvalue weighted by atomic mass is 9.89. The van der Waals surface area contributed by atoms with E-state index in [9.17, 15) is 26.0 Å². The Balaban J connectivity index is 1.95. The van der Waals surface area contributed by atoms with Crippen LogP contribution in [-0.4, -0.2) is 13.9 Å². The summed E-state index contributed by atoms with van der Waals surface area (Å²) in [5, 5.41) is 9.06. The zero-order valence-electron chi connectivity index (χ0n) is 17.9. The molecule has 0 heterocycles. The van der Waals surface area contributed by atoms with Crippen molar-refractivity contribution in [3.63, 3.8) is 0 Å². The second kappa shape index (κ2) is 8.29. The molecule has 4 nitrogen and oxygen atoms in total. The highest BCUT2D eigenvalue weighted by atomic mass is 32.2. The Kier molecular flexibility index (Phi) is 5.74. The second-order valence-electron chi connectivity index (χ2n) is 7.85.